The zero-order valence-electron chi connectivity index (χ0n) is 21.7. The monoisotopic (exact) mass is 579 g/mol. The van der Waals surface area contributed by atoms with Gasteiger partial charge in [0.2, 0.25) is 10.0 Å². The number of hydrogen-bond donors (Lipinski definition) is 3. The molecule has 3 aromatic rings. The molecule has 38 heavy (non-hydrogen) atoms. The van der Waals surface area contributed by atoms with Crippen LogP contribution in [0.5, 0.6) is 5.75 Å². The number of nitrogens with one attached hydrogen (secondary N) is 2. The minimum Gasteiger partial charge on any atom is -0.494 e. The summed E-state index contributed by atoms with van der Waals surface area (Å²) >= 11 is 0. The molecule has 1 heterocycles. The van der Waals surface area contributed by atoms with Gasteiger partial charge in [0.1, 0.15) is 11.6 Å². The summed E-state index contributed by atoms with van der Waals surface area (Å²) in [4.78, 5) is 1.87. The summed E-state index contributed by atoms with van der Waals surface area (Å²) in [5.74, 6) is 1.23. The molecule has 0 amide bonds. The molecule has 1 atom stereocenters. The number of amidine groups is 2. The number of nitrogen functional groups attached to an aromatic ring is 1. The van der Waals surface area contributed by atoms with E-state index in [1.54, 1.807) is 18.2 Å². The molecule has 0 bridgehead atoms. The average Bonchev–Trinajstić information content (AvgIpc) is 3.25. The van der Waals surface area contributed by atoms with Crippen LogP contribution in [0.3, 0.4) is 0 Å². The zero-order valence-corrected chi connectivity index (χ0v) is 24.2. The predicted molar refractivity (Wildman–Crippen MR) is 160 cm³/mol. The lowest BCUT2D eigenvalue weighted by molar-refractivity contribution is 0.294. The van der Waals surface area contributed by atoms with Crippen molar-refractivity contribution in [2.24, 2.45) is 5.73 Å². The first-order valence-corrected chi connectivity index (χ1v) is 13.6. The van der Waals surface area contributed by atoms with E-state index in [9.17, 15) is 8.42 Å². The van der Waals surface area contributed by atoms with E-state index in [1.807, 2.05) is 66.5 Å². The van der Waals surface area contributed by atoms with Crippen LogP contribution in [0.15, 0.2) is 54.6 Å². The molecule has 4 rings (SSSR count). The lowest BCUT2D eigenvalue weighted by Gasteiger charge is -2.27. The second kappa shape index (κ2) is 12.7. The van der Waals surface area contributed by atoms with Crippen LogP contribution >= 0.6 is 24.8 Å². The largest absolute Gasteiger partial charge is 0.494 e. The van der Waals surface area contributed by atoms with Gasteiger partial charge < -0.3 is 15.4 Å². The van der Waals surface area contributed by atoms with Crippen molar-refractivity contribution in [1.29, 1.82) is 10.8 Å². The highest BCUT2D eigenvalue weighted by Gasteiger charge is 2.37. The van der Waals surface area contributed by atoms with Gasteiger partial charge in [-0.25, -0.2) is 8.42 Å². The smallest absolute Gasteiger partial charge is 0.235 e. The van der Waals surface area contributed by atoms with Crippen LogP contribution in [0.4, 0.5) is 5.69 Å². The van der Waals surface area contributed by atoms with Gasteiger partial charge in [0.15, 0.2) is 0 Å². The summed E-state index contributed by atoms with van der Waals surface area (Å²) in [5.41, 5.74) is 8.82. The lowest BCUT2D eigenvalue weighted by atomic mass is 9.98. The normalized spacial score (nSPS) is 14.3. The fourth-order valence-electron chi connectivity index (χ4n) is 4.52. The Kier molecular flexibility index (Phi) is 10.4. The molecule has 0 spiro atoms. The van der Waals surface area contributed by atoms with Crippen LogP contribution in [0.2, 0.25) is 0 Å². The molecule has 1 aliphatic heterocycles. The molecule has 11 heteroatoms. The molecule has 0 aromatic heterocycles. The fraction of sp³-hybridized carbons (Fsp3) is 0.333. The van der Waals surface area contributed by atoms with Gasteiger partial charge >= 0.3 is 0 Å². The molecule has 0 fully saturated rings. The van der Waals surface area contributed by atoms with E-state index in [0.717, 1.165) is 34.9 Å². The van der Waals surface area contributed by atoms with Gasteiger partial charge in [0, 0.05) is 25.6 Å². The van der Waals surface area contributed by atoms with E-state index >= 15 is 0 Å². The first kappa shape index (κ1) is 31.2. The van der Waals surface area contributed by atoms with E-state index < -0.39 is 10.0 Å². The van der Waals surface area contributed by atoms with Crippen molar-refractivity contribution in [3.05, 3.63) is 71.3 Å². The Balaban J connectivity index is 0.00000253. The maximum absolute atomic E-state index is 13.2. The molecule has 206 valence electrons. The van der Waals surface area contributed by atoms with Gasteiger partial charge in [-0.15, -0.1) is 24.8 Å². The molecule has 0 radical (unpaired) electrons. The number of ether oxygens (including phenoxy) is 1. The van der Waals surface area contributed by atoms with E-state index in [2.05, 4.69) is 0 Å². The summed E-state index contributed by atoms with van der Waals surface area (Å²) in [7, 11) is -1.64. The topological polar surface area (TPSA) is 124 Å². The molecular formula is C27H35Cl2N5O3S. The Morgan fingerprint density at radius 1 is 1.08 bits per heavy atom. The Hall–Kier alpha value is -3.01. The van der Waals surface area contributed by atoms with E-state index in [-0.39, 0.29) is 42.4 Å². The average molecular weight is 581 g/mol. The molecule has 0 saturated carbocycles. The molecule has 1 aliphatic rings. The fourth-order valence-corrected chi connectivity index (χ4v) is 5.86. The molecule has 0 saturated heterocycles. The molecule has 4 N–H and O–H groups in total. The number of fused-ring (bicyclic) bond motifs is 2. The third-order valence-corrected chi connectivity index (χ3v) is 8.47. The first-order valence-electron chi connectivity index (χ1n) is 12.0. The Morgan fingerprint density at radius 3 is 2.45 bits per heavy atom. The summed E-state index contributed by atoms with van der Waals surface area (Å²) in [5, 5.41) is 17.3. The minimum atomic E-state index is -3.52. The number of hydrogen-bond acceptors (Lipinski definition) is 5. The molecule has 0 aliphatic carbocycles. The number of anilines is 1. The second-order valence-corrected chi connectivity index (χ2v) is 11.3. The molecule has 3 aromatic carbocycles. The number of nitrogens with two attached hydrogens (primary N) is 1. The maximum Gasteiger partial charge on any atom is 0.235 e. The summed E-state index contributed by atoms with van der Waals surface area (Å²) in [6.45, 7) is 4.66. The van der Waals surface area contributed by atoms with Crippen molar-refractivity contribution in [2.75, 3.05) is 30.3 Å². The highest BCUT2D eigenvalue weighted by Crippen LogP contribution is 2.44. The third kappa shape index (κ3) is 6.51. The number of halogens is 2. The highest BCUT2D eigenvalue weighted by atomic mass is 35.5. The van der Waals surface area contributed by atoms with Crippen molar-refractivity contribution in [3.63, 3.8) is 0 Å². The van der Waals surface area contributed by atoms with Gasteiger partial charge in [0.25, 0.3) is 0 Å². The van der Waals surface area contributed by atoms with Crippen molar-refractivity contribution >= 4 is 63.0 Å². The van der Waals surface area contributed by atoms with Crippen molar-refractivity contribution < 1.29 is 13.2 Å². The van der Waals surface area contributed by atoms with Crippen LogP contribution < -0.4 is 14.8 Å². The Morgan fingerprint density at radius 2 is 1.79 bits per heavy atom. The van der Waals surface area contributed by atoms with Gasteiger partial charge in [-0.05, 0) is 72.5 Å². The maximum atomic E-state index is 13.2. The van der Waals surface area contributed by atoms with Gasteiger partial charge in [-0.2, -0.15) is 0 Å². The third-order valence-electron chi connectivity index (χ3n) is 6.69. The van der Waals surface area contributed by atoms with E-state index in [0.29, 0.717) is 35.9 Å². The lowest BCUT2D eigenvalue weighted by Crippen LogP contribution is -2.33. The summed E-state index contributed by atoms with van der Waals surface area (Å²) in [6.07, 6.45) is 1.32. The SMILES string of the molecule is CCS(=O)(=O)N1c2ccc(OCCCN(C)C(C)=N)cc2CC1c1ccc2ccc(C(=N)N)cc2c1.Cl.Cl. The van der Waals surface area contributed by atoms with Gasteiger partial charge in [-0.1, -0.05) is 24.3 Å². The van der Waals surface area contributed by atoms with Gasteiger partial charge in [0.05, 0.1) is 29.9 Å². The summed E-state index contributed by atoms with van der Waals surface area (Å²) < 4.78 is 33.9. The zero-order chi connectivity index (χ0) is 26.0. The van der Waals surface area contributed by atoms with Crippen molar-refractivity contribution in [3.8, 4) is 5.75 Å². The van der Waals surface area contributed by atoms with Crippen LogP contribution in [0.25, 0.3) is 10.8 Å². The highest BCUT2D eigenvalue weighted by molar-refractivity contribution is 7.92. The molecule has 1 unspecified atom stereocenters. The van der Waals surface area contributed by atoms with Gasteiger partial charge in [-0.3, -0.25) is 15.1 Å². The number of sulfonamides is 1. The van der Waals surface area contributed by atoms with E-state index in [4.69, 9.17) is 21.3 Å². The van der Waals surface area contributed by atoms with Crippen LogP contribution in [-0.4, -0.2) is 50.9 Å². The quantitative estimate of drug-likeness (QED) is 0.184. The van der Waals surface area contributed by atoms with Crippen LogP contribution in [0, 0.1) is 10.8 Å². The summed E-state index contributed by atoms with van der Waals surface area (Å²) in [6, 6.07) is 16.8. The molecule has 8 nitrogen and oxygen atoms in total. The first-order chi connectivity index (χ1) is 17.1. The van der Waals surface area contributed by atoms with Crippen LogP contribution in [0.1, 0.15) is 43.0 Å². The van der Waals surface area contributed by atoms with Crippen LogP contribution in [-0.2, 0) is 16.4 Å². The standard InChI is InChI=1S/C27H33N5O3S.2ClH/c1-4-36(33,34)32-25-11-10-24(35-13-5-12-31(3)18(2)28)16-23(25)17-26(32)20-8-6-19-7-9-21(27(29)30)15-22(19)14-20;;/h6-11,14-16,26,28H,4-5,12-13,17H2,1-3H3,(H3,29,30);2*1H. The number of rotatable bonds is 9. The number of nitrogens with zero attached hydrogens (tertiary/aromatic N) is 2. The predicted octanol–water partition coefficient (Wildman–Crippen LogP) is 5.12. The number of benzene rings is 3. The van der Waals surface area contributed by atoms with Crippen molar-refractivity contribution in [2.45, 2.75) is 32.7 Å². The van der Waals surface area contributed by atoms with E-state index in [1.165, 1.54) is 0 Å². The van der Waals surface area contributed by atoms with Crippen molar-refractivity contribution in [1.82, 2.24) is 4.90 Å². The molecular weight excluding hydrogens is 545 g/mol. The Labute approximate surface area is 237 Å². The Bertz CT molecular complexity index is 1430. The second-order valence-electron chi connectivity index (χ2n) is 9.15. The minimum absolute atomic E-state index is 0.